The number of aryl methyl sites for hydroxylation is 1. The van der Waals surface area contributed by atoms with E-state index in [1.807, 2.05) is 0 Å². The van der Waals surface area contributed by atoms with Crippen LogP contribution < -0.4 is 4.90 Å². The Hall–Kier alpha value is -2.24. The maximum atomic E-state index is 14.1. The van der Waals surface area contributed by atoms with E-state index >= 15 is 0 Å². The molecule has 12 heteroatoms. The molecule has 0 aliphatic carbocycles. The fourth-order valence-electron chi connectivity index (χ4n) is 1.94. The van der Waals surface area contributed by atoms with Crippen LogP contribution in [0, 0.1) is 12.7 Å². The summed E-state index contributed by atoms with van der Waals surface area (Å²) in [6.07, 6.45) is -4.90. The van der Waals surface area contributed by atoms with Crippen molar-refractivity contribution >= 4 is 16.2 Å². The van der Waals surface area contributed by atoms with Gasteiger partial charge in [-0.3, -0.25) is 0 Å². The molecule has 1 aromatic heterocycles. The van der Waals surface area contributed by atoms with Crippen molar-refractivity contribution in [2.45, 2.75) is 18.0 Å². The van der Waals surface area contributed by atoms with E-state index in [1.54, 1.807) is 0 Å². The molecular weight excluding hydrogens is 359 g/mol. The Balaban J connectivity index is 2.79. The van der Waals surface area contributed by atoms with Crippen LogP contribution in [0.4, 0.5) is 27.4 Å². The van der Waals surface area contributed by atoms with Crippen LogP contribution in [0.1, 0.15) is 11.4 Å². The number of aromatic nitrogens is 3. The highest BCUT2D eigenvalue weighted by Gasteiger charge is 2.38. The van der Waals surface area contributed by atoms with E-state index in [0.717, 1.165) is 11.8 Å². The van der Waals surface area contributed by atoms with E-state index in [1.165, 1.54) is 14.1 Å². The van der Waals surface area contributed by atoms with Crippen LogP contribution in [-0.2, 0) is 16.4 Å². The first kappa shape index (κ1) is 18.1. The molecule has 0 spiro atoms. The van der Waals surface area contributed by atoms with E-state index < -0.39 is 44.6 Å². The maximum absolute atomic E-state index is 14.1. The summed E-state index contributed by atoms with van der Waals surface area (Å²) in [5, 5.41) is 3.17. The second-order valence-corrected chi connectivity index (χ2v) is 6.36. The summed E-state index contributed by atoms with van der Waals surface area (Å²) in [5.41, 5.74) is -0.912. The van der Waals surface area contributed by atoms with E-state index in [4.69, 9.17) is 0 Å². The predicted octanol–water partition coefficient (Wildman–Crippen LogP) is 2.46. The topological polar surface area (TPSA) is 68.1 Å². The molecule has 24 heavy (non-hydrogen) atoms. The van der Waals surface area contributed by atoms with Gasteiger partial charge < -0.3 is 4.90 Å². The first-order chi connectivity index (χ1) is 10.8. The molecule has 132 valence electrons. The summed E-state index contributed by atoms with van der Waals surface area (Å²) in [7, 11) is -2.53. The van der Waals surface area contributed by atoms with Crippen molar-refractivity contribution < 1.29 is 29.9 Å². The number of halogens is 5. The SMILES string of the molecule is Cc1cc(F)c(-n2nc(C(F)(F)F)nc2N(C)C)cc1S(=O)(=O)F. The Morgan fingerprint density at radius 1 is 1.21 bits per heavy atom. The van der Waals surface area contributed by atoms with Crippen LogP contribution >= 0.6 is 0 Å². The van der Waals surface area contributed by atoms with E-state index in [-0.39, 0.29) is 5.56 Å². The lowest BCUT2D eigenvalue weighted by Crippen LogP contribution is -2.16. The second-order valence-electron chi connectivity index (χ2n) is 5.05. The Labute approximate surface area is 133 Å². The van der Waals surface area contributed by atoms with E-state index in [0.29, 0.717) is 16.8 Å². The summed E-state index contributed by atoms with van der Waals surface area (Å²) in [6.45, 7) is 1.15. The molecule has 0 saturated heterocycles. The molecule has 0 atom stereocenters. The van der Waals surface area contributed by atoms with Crippen molar-refractivity contribution in [1.29, 1.82) is 0 Å². The zero-order valence-electron chi connectivity index (χ0n) is 12.6. The lowest BCUT2D eigenvalue weighted by Gasteiger charge is -2.14. The lowest BCUT2D eigenvalue weighted by molar-refractivity contribution is -0.144. The van der Waals surface area contributed by atoms with Gasteiger partial charge in [0.05, 0.1) is 0 Å². The monoisotopic (exact) mass is 370 g/mol. The molecule has 1 heterocycles. The Bertz CT molecular complexity index is 890. The van der Waals surface area contributed by atoms with Gasteiger partial charge in [0.1, 0.15) is 16.4 Å². The van der Waals surface area contributed by atoms with E-state index in [2.05, 4.69) is 10.1 Å². The largest absolute Gasteiger partial charge is 0.453 e. The quantitative estimate of drug-likeness (QED) is 0.613. The van der Waals surface area contributed by atoms with Gasteiger partial charge in [0.15, 0.2) is 0 Å². The van der Waals surface area contributed by atoms with Gasteiger partial charge in [-0.05, 0) is 24.6 Å². The molecule has 2 aromatic rings. The summed E-state index contributed by atoms with van der Waals surface area (Å²) in [4.78, 5) is 3.50. The fourth-order valence-corrected chi connectivity index (χ4v) is 2.64. The van der Waals surface area contributed by atoms with Gasteiger partial charge in [-0.1, -0.05) is 0 Å². The minimum Gasteiger partial charge on any atom is -0.347 e. The van der Waals surface area contributed by atoms with Crippen molar-refractivity contribution in [2.24, 2.45) is 0 Å². The minimum atomic E-state index is -5.20. The van der Waals surface area contributed by atoms with Crippen LogP contribution in [0.3, 0.4) is 0 Å². The number of nitrogens with zero attached hydrogens (tertiary/aromatic N) is 4. The average molecular weight is 370 g/mol. The summed E-state index contributed by atoms with van der Waals surface area (Å²) < 4.78 is 88.5. The molecule has 2 rings (SSSR count). The molecule has 0 fully saturated rings. The molecule has 1 aromatic carbocycles. The number of alkyl halides is 3. The molecule has 0 saturated carbocycles. The predicted molar refractivity (Wildman–Crippen MR) is 73.7 cm³/mol. The standard InChI is InChI=1S/C12H11F5N4O2S/c1-6-4-7(13)8(5-9(6)24(17,22)23)21-11(20(2)3)18-10(19-21)12(14,15)16/h4-5H,1-3H3. The normalized spacial score (nSPS) is 12.5. The minimum absolute atomic E-state index is 0.235. The third-order valence-electron chi connectivity index (χ3n) is 2.98. The van der Waals surface area contributed by atoms with Crippen LogP contribution in [0.25, 0.3) is 5.69 Å². The second kappa shape index (κ2) is 5.69. The number of anilines is 1. The van der Waals surface area contributed by atoms with Crippen molar-refractivity contribution in [3.63, 3.8) is 0 Å². The van der Waals surface area contributed by atoms with Gasteiger partial charge in [0, 0.05) is 14.1 Å². The van der Waals surface area contributed by atoms with Crippen molar-refractivity contribution in [1.82, 2.24) is 14.8 Å². The number of rotatable bonds is 3. The van der Waals surface area contributed by atoms with Gasteiger partial charge in [-0.15, -0.1) is 8.98 Å². The molecule has 0 amide bonds. The summed E-state index contributed by atoms with van der Waals surface area (Å²) in [6, 6.07) is 1.26. The molecule has 0 aliphatic heterocycles. The first-order valence-corrected chi connectivity index (χ1v) is 7.67. The molecule has 0 bridgehead atoms. The van der Waals surface area contributed by atoms with Gasteiger partial charge in [-0.2, -0.15) is 31.3 Å². The highest BCUT2D eigenvalue weighted by atomic mass is 32.3. The van der Waals surface area contributed by atoms with Crippen molar-refractivity contribution in [3.05, 3.63) is 29.3 Å². The maximum Gasteiger partial charge on any atom is 0.453 e. The smallest absolute Gasteiger partial charge is 0.347 e. The van der Waals surface area contributed by atoms with Gasteiger partial charge in [-0.25, -0.2) is 4.39 Å². The molecule has 0 radical (unpaired) electrons. The highest BCUT2D eigenvalue weighted by Crippen LogP contribution is 2.31. The van der Waals surface area contributed by atoms with Gasteiger partial charge >= 0.3 is 16.4 Å². The average Bonchev–Trinajstić information content (AvgIpc) is 2.81. The van der Waals surface area contributed by atoms with Crippen LogP contribution in [-0.4, -0.2) is 37.3 Å². The summed E-state index contributed by atoms with van der Waals surface area (Å²) >= 11 is 0. The number of hydrogen-bond donors (Lipinski definition) is 0. The Morgan fingerprint density at radius 3 is 2.25 bits per heavy atom. The summed E-state index contributed by atoms with van der Waals surface area (Å²) in [5.74, 6) is -3.04. The zero-order valence-corrected chi connectivity index (χ0v) is 13.4. The Kier molecular flexibility index (Phi) is 4.29. The van der Waals surface area contributed by atoms with E-state index in [9.17, 15) is 29.9 Å². The Morgan fingerprint density at radius 2 is 1.79 bits per heavy atom. The number of benzene rings is 1. The van der Waals surface area contributed by atoms with Crippen LogP contribution in [0.15, 0.2) is 17.0 Å². The molecular formula is C12H11F5N4O2S. The third kappa shape index (κ3) is 3.32. The van der Waals surface area contributed by atoms with Gasteiger partial charge in [0.25, 0.3) is 5.82 Å². The molecule has 0 unspecified atom stereocenters. The van der Waals surface area contributed by atoms with Crippen molar-refractivity contribution in [3.8, 4) is 5.69 Å². The lowest BCUT2D eigenvalue weighted by atomic mass is 10.2. The third-order valence-corrected chi connectivity index (χ3v) is 3.94. The fraction of sp³-hybridized carbons (Fsp3) is 0.333. The van der Waals surface area contributed by atoms with Crippen LogP contribution in [0.2, 0.25) is 0 Å². The van der Waals surface area contributed by atoms with Crippen LogP contribution in [0.5, 0.6) is 0 Å². The molecule has 0 aliphatic rings. The zero-order chi connectivity index (χ0) is 18.4. The van der Waals surface area contributed by atoms with Crippen molar-refractivity contribution in [2.75, 3.05) is 19.0 Å². The van der Waals surface area contributed by atoms with Gasteiger partial charge in [0.2, 0.25) is 5.95 Å². The first-order valence-electron chi connectivity index (χ1n) is 6.29. The highest BCUT2D eigenvalue weighted by molar-refractivity contribution is 7.86. The molecule has 6 nitrogen and oxygen atoms in total. The molecule has 0 N–H and O–H groups in total. The number of hydrogen-bond acceptors (Lipinski definition) is 5.